The summed E-state index contributed by atoms with van der Waals surface area (Å²) in [5, 5.41) is 24.7. The number of hydrogen-bond acceptors (Lipinski definition) is 10. The lowest BCUT2D eigenvalue weighted by atomic mass is 10.00. The van der Waals surface area contributed by atoms with Crippen molar-refractivity contribution in [2.24, 2.45) is 10.7 Å². The lowest BCUT2D eigenvalue weighted by Crippen LogP contribution is -2.48. The molecule has 0 aliphatic carbocycles. The first-order valence-electron chi connectivity index (χ1n) is 17.1. The molecule has 5 rings (SSSR count). The van der Waals surface area contributed by atoms with Gasteiger partial charge in [-0.05, 0) is 69.3 Å². The zero-order valence-corrected chi connectivity index (χ0v) is 30.8. The molecular formula is C38H46ClN7O7. The molecule has 2 amide bonds. The van der Waals surface area contributed by atoms with Crippen LogP contribution in [0.15, 0.2) is 77.8 Å². The number of amides is 2. The second-order valence-electron chi connectivity index (χ2n) is 12.8. The van der Waals surface area contributed by atoms with Gasteiger partial charge in [0.1, 0.15) is 6.04 Å². The van der Waals surface area contributed by atoms with E-state index in [1.807, 2.05) is 18.2 Å². The highest BCUT2D eigenvalue weighted by Crippen LogP contribution is 2.35. The van der Waals surface area contributed by atoms with Crippen LogP contribution in [-0.2, 0) is 14.3 Å². The predicted molar refractivity (Wildman–Crippen MR) is 206 cm³/mol. The molecule has 0 unspecified atom stereocenters. The van der Waals surface area contributed by atoms with Crippen LogP contribution in [0, 0.1) is 0 Å². The number of nitrogens with two attached hydrogens (primary N) is 1. The fraction of sp³-hybridized carbons (Fsp3) is 0.342. The number of carbonyl (C=O) groups excluding carboxylic acids is 3. The number of esters is 1. The van der Waals surface area contributed by atoms with E-state index in [2.05, 4.69) is 22.2 Å². The third kappa shape index (κ3) is 9.59. The molecule has 1 aliphatic heterocycles. The third-order valence-corrected chi connectivity index (χ3v) is 9.21. The van der Waals surface area contributed by atoms with Gasteiger partial charge in [-0.2, -0.15) is 0 Å². The molecule has 1 aliphatic rings. The first-order chi connectivity index (χ1) is 25.0. The number of anilines is 1. The topological polar surface area (TPSA) is 183 Å². The number of nitrogens with one attached hydrogen (secondary N) is 1. The molecule has 15 heteroatoms. The van der Waals surface area contributed by atoms with Gasteiger partial charge in [0.15, 0.2) is 0 Å². The van der Waals surface area contributed by atoms with Crippen LogP contribution in [0.5, 0.6) is 5.88 Å². The second kappa shape index (κ2) is 18.5. The van der Waals surface area contributed by atoms with Crippen molar-refractivity contribution in [3.05, 3.63) is 89.5 Å². The number of aromatic carboxylic acids is 1. The van der Waals surface area contributed by atoms with Crippen LogP contribution in [0.25, 0.3) is 10.9 Å². The number of methoxy groups -OCH3 is 1. The molecule has 2 heterocycles. The summed E-state index contributed by atoms with van der Waals surface area (Å²) < 4.78 is 5.85. The molecule has 1 aromatic heterocycles. The Labute approximate surface area is 314 Å². The van der Waals surface area contributed by atoms with Gasteiger partial charge >= 0.3 is 18.0 Å². The van der Waals surface area contributed by atoms with E-state index in [9.17, 15) is 29.4 Å². The Morgan fingerprint density at radius 3 is 2.26 bits per heavy atom. The van der Waals surface area contributed by atoms with Crippen LogP contribution in [-0.4, -0.2) is 121 Å². The molecule has 1 saturated heterocycles. The molecule has 53 heavy (non-hydrogen) atoms. The summed E-state index contributed by atoms with van der Waals surface area (Å²) >= 11 is 0. The Balaban J connectivity index is 0.00000627. The van der Waals surface area contributed by atoms with Gasteiger partial charge in [0.05, 0.1) is 41.7 Å². The smallest absolute Gasteiger partial charge is 0.335 e. The molecule has 5 N–H and O–H groups in total. The molecule has 1 fully saturated rings. The lowest BCUT2D eigenvalue weighted by Gasteiger charge is -2.32. The van der Waals surface area contributed by atoms with Gasteiger partial charge in [0, 0.05) is 49.9 Å². The minimum Gasteiger partial charge on any atom is -0.494 e. The Kier molecular flexibility index (Phi) is 14.1. The van der Waals surface area contributed by atoms with Crippen molar-refractivity contribution in [2.45, 2.75) is 25.3 Å². The Bertz CT molecular complexity index is 1940. The van der Waals surface area contributed by atoms with Crippen molar-refractivity contribution in [1.82, 2.24) is 19.7 Å². The zero-order chi connectivity index (χ0) is 37.4. The SMILES string of the molecule is COC(=O)[C@H](CCCCN)NC(=O)n1c(O)c(C(=Nc2ccc(N(C)C(=O)CN3CCN(C)CC3)cc2)c2ccccc2)c2ccc(C(=O)O)cc21.Cl. The highest BCUT2D eigenvalue weighted by molar-refractivity contribution is 6.23. The monoisotopic (exact) mass is 747 g/mol. The van der Waals surface area contributed by atoms with Crippen molar-refractivity contribution in [3.8, 4) is 5.88 Å². The second-order valence-corrected chi connectivity index (χ2v) is 12.8. The fourth-order valence-corrected chi connectivity index (χ4v) is 6.13. The predicted octanol–water partition coefficient (Wildman–Crippen LogP) is 4.07. The molecule has 0 radical (unpaired) electrons. The fourth-order valence-electron chi connectivity index (χ4n) is 6.13. The summed E-state index contributed by atoms with van der Waals surface area (Å²) in [6.45, 7) is 4.20. The average molecular weight is 748 g/mol. The maximum atomic E-state index is 13.9. The lowest BCUT2D eigenvalue weighted by molar-refractivity contribution is -0.143. The minimum absolute atomic E-state index is 0. The number of halogens is 1. The first kappa shape index (κ1) is 40.5. The van der Waals surface area contributed by atoms with Crippen LogP contribution in [0.3, 0.4) is 0 Å². The van der Waals surface area contributed by atoms with E-state index in [1.165, 1.54) is 25.3 Å². The number of piperazine rings is 1. The third-order valence-electron chi connectivity index (χ3n) is 9.21. The van der Waals surface area contributed by atoms with Crippen molar-refractivity contribution in [3.63, 3.8) is 0 Å². The number of ether oxygens (including phenoxy) is 1. The first-order valence-corrected chi connectivity index (χ1v) is 17.1. The number of aromatic nitrogens is 1. The molecule has 4 aromatic rings. The maximum absolute atomic E-state index is 13.9. The zero-order valence-electron chi connectivity index (χ0n) is 30.0. The number of fused-ring (bicyclic) bond motifs is 1. The summed E-state index contributed by atoms with van der Waals surface area (Å²) in [7, 11) is 5.01. The van der Waals surface area contributed by atoms with E-state index < -0.39 is 29.9 Å². The number of aliphatic imine (C=N–C) groups is 1. The van der Waals surface area contributed by atoms with E-state index in [4.69, 9.17) is 15.5 Å². The van der Waals surface area contributed by atoms with Gasteiger partial charge in [-0.1, -0.05) is 36.4 Å². The quantitative estimate of drug-likeness (QED) is 0.0884. The van der Waals surface area contributed by atoms with Gasteiger partial charge in [-0.3, -0.25) is 9.69 Å². The number of nitrogens with zero attached hydrogens (tertiary/aromatic N) is 5. The number of carbonyl (C=O) groups is 4. The molecule has 0 saturated carbocycles. The van der Waals surface area contributed by atoms with Gasteiger partial charge in [-0.15, -0.1) is 12.4 Å². The summed E-state index contributed by atoms with van der Waals surface area (Å²) in [4.78, 5) is 62.5. The van der Waals surface area contributed by atoms with Crippen molar-refractivity contribution in [2.75, 3.05) is 65.4 Å². The van der Waals surface area contributed by atoms with Crippen LogP contribution >= 0.6 is 12.4 Å². The molecule has 0 spiro atoms. The highest BCUT2D eigenvalue weighted by atomic mass is 35.5. The van der Waals surface area contributed by atoms with E-state index in [0.717, 1.165) is 30.7 Å². The van der Waals surface area contributed by atoms with E-state index in [0.29, 0.717) is 54.0 Å². The summed E-state index contributed by atoms with van der Waals surface area (Å²) in [5.41, 5.74) is 7.87. The van der Waals surface area contributed by atoms with Gasteiger partial charge in [-0.25, -0.2) is 23.9 Å². The van der Waals surface area contributed by atoms with Crippen molar-refractivity contribution in [1.29, 1.82) is 0 Å². The number of rotatable bonds is 13. The highest BCUT2D eigenvalue weighted by Gasteiger charge is 2.29. The van der Waals surface area contributed by atoms with Crippen LogP contribution in [0.2, 0.25) is 0 Å². The summed E-state index contributed by atoms with van der Waals surface area (Å²) in [6.07, 6.45) is 1.40. The Morgan fingerprint density at radius 1 is 0.962 bits per heavy atom. The molecule has 3 aromatic carbocycles. The van der Waals surface area contributed by atoms with Gasteiger partial charge in [0.2, 0.25) is 11.8 Å². The summed E-state index contributed by atoms with van der Waals surface area (Å²) in [6, 6.07) is 18.4. The molecule has 1 atom stereocenters. The number of carboxylic acid groups (broad SMARTS) is 1. The summed E-state index contributed by atoms with van der Waals surface area (Å²) in [5.74, 6) is -2.44. The van der Waals surface area contributed by atoms with Gasteiger partial charge in [0.25, 0.3) is 0 Å². The normalized spacial score (nSPS) is 14.3. The Morgan fingerprint density at radius 2 is 1.64 bits per heavy atom. The number of aromatic hydroxyl groups is 1. The number of hydrogen-bond donors (Lipinski definition) is 4. The Hall–Kier alpha value is -5.28. The minimum atomic E-state index is -1.23. The largest absolute Gasteiger partial charge is 0.494 e. The molecule has 0 bridgehead atoms. The van der Waals surface area contributed by atoms with E-state index in [-0.39, 0.29) is 41.4 Å². The molecule has 14 nitrogen and oxygen atoms in total. The van der Waals surface area contributed by atoms with Crippen LogP contribution < -0.4 is 16.0 Å². The number of carboxylic acids is 1. The number of unbranched alkanes of at least 4 members (excludes halogenated alkanes) is 1. The number of benzene rings is 3. The maximum Gasteiger partial charge on any atom is 0.335 e. The van der Waals surface area contributed by atoms with Crippen molar-refractivity contribution < 1.29 is 34.1 Å². The average Bonchev–Trinajstić information content (AvgIpc) is 3.44. The number of likely N-dealkylation sites (N-methyl/N-ethyl adjacent to an activating group) is 2. The van der Waals surface area contributed by atoms with Gasteiger partial charge < -0.3 is 35.8 Å². The van der Waals surface area contributed by atoms with Crippen molar-refractivity contribution >= 4 is 64.3 Å². The molecular weight excluding hydrogens is 702 g/mol. The standard InChI is InChI=1S/C38H45N7O7.ClH/c1-42-19-21-44(22-20-42)24-32(46)43(2)28-15-13-27(14-16-28)40-34(25-9-5-4-6-10-25)33-29-17-12-26(36(48)49)23-31(29)45(35(33)47)38(51)41-30(37(50)52-3)11-7-8-18-39;/h4-6,9-10,12-17,23,30,47H,7-8,11,18-22,24,39H2,1-3H3,(H,41,51)(H,48,49);1H/t30-;/m0./s1. The molecule has 282 valence electrons. The van der Waals surface area contributed by atoms with E-state index in [1.54, 1.807) is 48.3 Å². The van der Waals surface area contributed by atoms with E-state index >= 15 is 0 Å². The van der Waals surface area contributed by atoms with Crippen LogP contribution in [0.4, 0.5) is 16.2 Å². The van der Waals surface area contributed by atoms with Crippen LogP contribution in [0.1, 0.15) is 40.7 Å².